The quantitative estimate of drug-likeness (QED) is 0.672. The van der Waals surface area contributed by atoms with Crippen LogP contribution in [0, 0.1) is 5.92 Å². The van der Waals surface area contributed by atoms with Crippen molar-refractivity contribution in [2.24, 2.45) is 5.92 Å². The van der Waals surface area contributed by atoms with E-state index in [1.165, 1.54) is 0 Å². The lowest BCUT2D eigenvalue weighted by Gasteiger charge is -2.29. The number of hydrogen-bond donors (Lipinski definition) is 3. The fourth-order valence-electron chi connectivity index (χ4n) is 1.95. The molecule has 0 bridgehead atoms. The van der Waals surface area contributed by atoms with Crippen molar-refractivity contribution in [3.05, 3.63) is 0 Å². The predicted octanol–water partition coefficient (Wildman–Crippen LogP) is 1.26. The maximum atomic E-state index is 11.6. The van der Waals surface area contributed by atoms with Crippen LogP contribution in [0.25, 0.3) is 0 Å². The fraction of sp³-hybridized carbons (Fsp3) is 0.923. The lowest BCUT2D eigenvalue weighted by atomic mass is 9.89. The van der Waals surface area contributed by atoms with E-state index in [-0.39, 0.29) is 24.6 Å². The number of hydrogen-bond acceptors (Lipinski definition) is 3. The molecule has 1 saturated heterocycles. The van der Waals surface area contributed by atoms with Gasteiger partial charge in [-0.3, -0.25) is 0 Å². The second kappa shape index (κ2) is 6.95. The number of rotatable bonds is 6. The molecule has 18 heavy (non-hydrogen) atoms. The monoisotopic (exact) mass is 258 g/mol. The van der Waals surface area contributed by atoms with E-state index in [9.17, 15) is 9.90 Å². The summed E-state index contributed by atoms with van der Waals surface area (Å²) >= 11 is 0. The van der Waals surface area contributed by atoms with Crippen LogP contribution in [0.1, 0.15) is 40.0 Å². The molecule has 1 fully saturated rings. The van der Waals surface area contributed by atoms with Gasteiger partial charge in [0.15, 0.2) is 0 Å². The molecule has 1 heterocycles. The largest absolute Gasteiger partial charge is 0.388 e. The van der Waals surface area contributed by atoms with Gasteiger partial charge in [0.05, 0.1) is 11.7 Å². The summed E-state index contributed by atoms with van der Waals surface area (Å²) in [5.41, 5.74) is -0.865. The lowest BCUT2D eigenvalue weighted by molar-refractivity contribution is 0.00782. The van der Waals surface area contributed by atoms with E-state index in [2.05, 4.69) is 10.6 Å². The van der Waals surface area contributed by atoms with E-state index < -0.39 is 5.60 Å². The molecule has 1 aliphatic rings. The molecule has 3 unspecified atom stereocenters. The summed E-state index contributed by atoms with van der Waals surface area (Å²) in [6.07, 6.45) is 3.10. The van der Waals surface area contributed by atoms with Crippen LogP contribution in [0.2, 0.25) is 0 Å². The summed E-state index contributed by atoms with van der Waals surface area (Å²) in [4.78, 5) is 11.6. The Morgan fingerprint density at radius 1 is 1.56 bits per heavy atom. The van der Waals surface area contributed by atoms with Crippen molar-refractivity contribution in [3.63, 3.8) is 0 Å². The highest BCUT2D eigenvalue weighted by Crippen LogP contribution is 2.18. The number of carbonyl (C=O) groups is 1. The summed E-state index contributed by atoms with van der Waals surface area (Å²) in [6, 6.07) is -0.242. The summed E-state index contributed by atoms with van der Waals surface area (Å²) in [7, 11) is 0. The van der Waals surface area contributed by atoms with Crippen LogP contribution in [-0.4, -0.2) is 42.5 Å². The van der Waals surface area contributed by atoms with Crippen LogP contribution in [0.15, 0.2) is 0 Å². The van der Waals surface area contributed by atoms with Crippen molar-refractivity contribution in [1.29, 1.82) is 0 Å². The Bertz CT molecular complexity index is 263. The number of urea groups is 1. The SMILES string of the molecule is CCC(C)C(C)(O)CNC(=O)NCC1CCCO1. The van der Waals surface area contributed by atoms with Crippen LogP contribution in [0.4, 0.5) is 4.79 Å². The minimum absolute atomic E-state index is 0.144. The van der Waals surface area contributed by atoms with E-state index in [4.69, 9.17) is 4.74 Å². The van der Waals surface area contributed by atoms with Gasteiger partial charge in [-0.1, -0.05) is 20.3 Å². The maximum Gasteiger partial charge on any atom is 0.314 e. The Morgan fingerprint density at radius 3 is 2.83 bits per heavy atom. The van der Waals surface area contributed by atoms with Crippen molar-refractivity contribution in [3.8, 4) is 0 Å². The van der Waals surface area contributed by atoms with Crippen molar-refractivity contribution in [2.75, 3.05) is 19.7 Å². The first-order chi connectivity index (χ1) is 8.45. The molecule has 0 aromatic heterocycles. The molecule has 0 saturated carbocycles. The first kappa shape index (κ1) is 15.2. The number of ether oxygens (including phenoxy) is 1. The average molecular weight is 258 g/mol. The molecule has 106 valence electrons. The number of amides is 2. The van der Waals surface area contributed by atoms with Gasteiger partial charge in [-0.05, 0) is 25.7 Å². The number of nitrogens with one attached hydrogen (secondary N) is 2. The number of aliphatic hydroxyl groups is 1. The Morgan fingerprint density at radius 2 is 2.28 bits per heavy atom. The third kappa shape index (κ3) is 4.82. The molecule has 0 radical (unpaired) electrons. The molecule has 0 spiro atoms. The third-order valence-corrected chi connectivity index (χ3v) is 3.80. The highest BCUT2D eigenvalue weighted by Gasteiger charge is 2.27. The first-order valence-corrected chi connectivity index (χ1v) is 6.81. The van der Waals surface area contributed by atoms with E-state index in [1.54, 1.807) is 6.92 Å². The minimum Gasteiger partial charge on any atom is -0.388 e. The van der Waals surface area contributed by atoms with Gasteiger partial charge in [0, 0.05) is 19.7 Å². The summed E-state index contributed by atoms with van der Waals surface area (Å²) in [5.74, 6) is 0.149. The normalized spacial score (nSPS) is 24.3. The van der Waals surface area contributed by atoms with Gasteiger partial charge in [0.2, 0.25) is 0 Å². The fourth-order valence-corrected chi connectivity index (χ4v) is 1.95. The van der Waals surface area contributed by atoms with E-state index in [0.717, 1.165) is 25.9 Å². The van der Waals surface area contributed by atoms with Gasteiger partial charge < -0.3 is 20.5 Å². The van der Waals surface area contributed by atoms with E-state index >= 15 is 0 Å². The molecule has 0 aromatic rings. The van der Waals surface area contributed by atoms with E-state index in [1.807, 2.05) is 13.8 Å². The minimum atomic E-state index is -0.865. The van der Waals surface area contributed by atoms with Crippen LogP contribution >= 0.6 is 0 Å². The summed E-state index contributed by atoms with van der Waals surface area (Å²) in [6.45, 7) is 7.34. The molecule has 3 N–H and O–H groups in total. The van der Waals surface area contributed by atoms with Crippen molar-refractivity contribution >= 4 is 6.03 Å². The van der Waals surface area contributed by atoms with Gasteiger partial charge >= 0.3 is 6.03 Å². The maximum absolute atomic E-state index is 11.6. The molecule has 2 amide bonds. The zero-order chi connectivity index (χ0) is 13.6. The first-order valence-electron chi connectivity index (χ1n) is 6.81. The highest BCUT2D eigenvalue weighted by molar-refractivity contribution is 5.73. The molecule has 5 heteroatoms. The zero-order valence-electron chi connectivity index (χ0n) is 11.7. The molecule has 1 aliphatic heterocycles. The molecule has 0 aromatic carbocycles. The van der Waals surface area contributed by atoms with Crippen molar-refractivity contribution < 1.29 is 14.6 Å². The van der Waals surface area contributed by atoms with Crippen molar-refractivity contribution in [1.82, 2.24) is 10.6 Å². The average Bonchev–Trinajstić information content (AvgIpc) is 2.86. The topological polar surface area (TPSA) is 70.6 Å². The van der Waals surface area contributed by atoms with Crippen LogP contribution in [0.3, 0.4) is 0 Å². The zero-order valence-corrected chi connectivity index (χ0v) is 11.7. The van der Waals surface area contributed by atoms with Gasteiger partial charge in [-0.25, -0.2) is 4.79 Å². The summed E-state index contributed by atoms with van der Waals surface area (Å²) in [5, 5.41) is 15.6. The Kier molecular flexibility index (Phi) is 5.88. The van der Waals surface area contributed by atoms with Crippen LogP contribution < -0.4 is 10.6 Å². The number of carbonyl (C=O) groups excluding carboxylic acids is 1. The predicted molar refractivity (Wildman–Crippen MR) is 70.5 cm³/mol. The van der Waals surface area contributed by atoms with Crippen LogP contribution in [-0.2, 0) is 4.74 Å². The van der Waals surface area contributed by atoms with Gasteiger partial charge in [-0.15, -0.1) is 0 Å². The Labute approximate surface area is 109 Å². The van der Waals surface area contributed by atoms with Gasteiger partial charge in [0.25, 0.3) is 0 Å². The molecule has 5 nitrogen and oxygen atoms in total. The summed E-state index contributed by atoms with van der Waals surface area (Å²) < 4.78 is 5.41. The molecule has 1 rings (SSSR count). The molecule has 0 aliphatic carbocycles. The van der Waals surface area contributed by atoms with Gasteiger partial charge in [-0.2, -0.15) is 0 Å². The Hall–Kier alpha value is -0.810. The van der Waals surface area contributed by atoms with Crippen molar-refractivity contribution in [2.45, 2.75) is 51.7 Å². The second-order valence-electron chi connectivity index (χ2n) is 5.37. The second-order valence-corrected chi connectivity index (χ2v) is 5.37. The standard InChI is InChI=1S/C13H26N2O3/c1-4-10(2)13(3,17)9-15-12(16)14-8-11-6-5-7-18-11/h10-11,17H,4-9H2,1-3H3,(H2,14,15,16). The van der Waals surface area contributed by atoms with Crippen LogP contribution in [0.5, 0.6) is 0 Å². The Balaban J connectivity index is 2.19. The third-order valence-electron chi connectivity index (χ3n) is 3.80. The van der Waals surface area contributed by atoms with Gasteiger partial charge in [0.1, 0.15) is 0 Å². The molecular formula is C13H26N2O3. The molecule has 3 atom stereocenters. The smallest absolute Gasteiger partial charge is 0.314 e. The highest BCUT2D eigenvalue weighted by atomic mass is 16.5. The van der Waals surface area contributed by atoms with E-state index in [0.29, 0.717) is 6.54 Å². The lowest BCUT2D eigenvalue weighted by Crippen LogP contribution is -2.48. The molecular weight excluding hydrogens is 232 g/mol.